The molecule has 0 aliphatic heterocycles. The van der Waals surface area contributed by atoms with Gasteiger partial charge in [0.05, 0.1) is 40.3 Å². The minimum atomic E-state index is -1.64. The fraction of sp³-hybridized carbons (Fsp3) is 0.603. The predicted molar refractivity (Wildman–Crippen MR) is 324 cm³/mol. The van der Waals surface area contributed by atoms with Crippen LogP contribution < -0.4 is 5.11 Å². The largest absolute Gasteiger partial charge is 0.545 e. The average molecular weight is 1070 g/mol. The highest BCUT2D eigenvalue weighted by atomic mass is 16.7. The van der Waals surface area contributed by atoms with Crippen LogP contribution in [-0.4, -0.2) is 82.3 Å². The van der Waals surface area contributed by atoms with Gasteiger partial charge in [0.1, 0.15) is 13.2 Å². The molecule has 0 aromatic heterocycles. The zero-order valence-electron chi connectivity index (χ0n) is 49.3. The van der Waals surface area contributed by atoms with Gasteiger partial charge in [-0.3, -0.25) is 9.59 Å². The molecule has 434 valence electrons. The van der Waals surface area contributed by atoms with Crippen LogP contribution in [-0.2, 0) is 33.3 Å². The monoisotopic (exact) mass is 1070 g/mol. The van der Waals surface area contributed by atoms with E-state index in [4.69, 9.17) is 18.9 Å². The van der Waals surface area contributed by atoms with Crippen LogP contribution in [0, 0.1) is 0 Å². The molecule has 0 aromatic rings. The minimum Gasteiger partial charge on any atom is -0.545 e. The molecule has 0 amide bonds. The van der Waals surface area contributed by atoms with E-state index in [0.29, 0.717) is 23.9 Å². The number of carbonyl (C=O) groups excluding carboxylic acids is 3. The van der Waals surface area contributed by atoms with Crippen molar-refractivity contribution in [1.29, 1.82) is 0 Å². The zero-order chi connectivity index (χ0) is 56.2. The highest BCUT2D eigenvalue weighted by molar-refractivity contribution is 5.70. The van der Waals surface area contributed by atoms with Crippen molar-refractivity contribution in [3.8, 4) is 0 Å². The lowest BCUT2D eigenvalue weighted by Gasteiger charge is -2.26. The number of hydrogen-bond acceptors (Lipinski definition) is 8. The summed E-state index contributed by atoms with van der Waals surface area (Å²) in [6.07, 6.45) is 80.4. The van der Waals surface area contributed by atoms with Crippen molar-refractivity contribution in [2.24, 2.45) is 0 Å². The third-order valence-electron chi connectivity index (χ3n) is 12.1. The first-order valence-electron chi connectivity index (χ1n) is 30.0. The summed E-state index contributed by atoms with van der Waals surface area (Å²) in [5.41, 5.74) is 0. The molecule has 0 aromatic carbocycles. The Hall–Kier alpha value is -4.83. The van der Waals surface area contributed by atoms with Crippen molar-refractivity contribution in [3.63, 3.8) is 0 Å². The number of nitrogens with zero attached hydrogens (tertiary/aromatic N) is 1. The highest BCUT2D eigenvalue weighted by Crippen LogP contribution is 2.13. The summed E-state index contributed by atoms with van der Waals surface area (Å²) >= 11 is 0. The number of unbranched alkanes of at least 4 members (excludes halogenated alkanes) is 14. The van der Waals surface area contributed by atoms with Gasteiger partial charge in [0, 0.05) is 12.8 Å². The van der Waals surface area contributed by atoms with Crippen LogP contribution in [0.15, 0.2) is 146 Å². The Kier molecular flexibility index (Phi) is 53.8. The molecule has 0 spiro atoms. The Morgan fingerprint density at radius 1 is 0.403 bits per heavy atom. The third kappa shape index (κ3) is 58.7. The van der Waals surface area contributed by atoms with Gasteiger partial charge in [-0.25, -0.2) is 0 Å². The first-order chi connectivity index (χ1) is 37.6. The fourth-order valence-electron chi connectivity index (χ4n) is 7.47. The number of likely N-dealkylation sites (N-methyl/N-ethyl adjacent to an activating group) is 1. The van der Waals surface area contributed by atoms with Crippen LogP contribution in [0.1, 0.15) is 206 Å². The molecule has 0 aliphatic carbocycles. The van der Waals surface area contributed by atoms with Crippen LogP contribution >= 0.6 is 0 Å². The first kappa shape index (κ1) is 72.2. The number of rotatable bonds is 53. The van der Waals surface area contributed by atoms with E-state index in [9.17, 15) is 19.5 Å². The molecule has 2 atom stereocenters. The van der Waals surface area contributed by atoms with Gasteiger partial charge in [-0.05, 0) is 122 Å². The summed E-state index contributed by atoms with van der Waals surface area (Å²) in [6, 6.07) is 0. The Labute approximate surface area is 471 Å². The number of aliphatic carboxylic acids is 1. The Morgan fingerprint density at radius 3 is 1.12 bits per heavy atom. The van der Waals surface area contributed by atoms with E-state index in [1.54, 1.807) is 0 Å². The number of carboxylic acid groups (broad SMARTS) is 1. The Morgan fingerprint density at radius 2 is 0.740 bits per heavy atom. The maximum Gasteiger partial charge on any atom is 0.306 e. The normalized spacial score (nSPS) is 13.8. The molecule has 0 bridgehead atoms. The molecule has 0 radical (unpaired) electrons. The second-order valence-corrected chi connectivity index (χ2v) is 20.5. The van der Waals surface area contributed by atoms with Gasteiger partial charge < -0.3 is 33.3 Å². The highest BCUT2D eigenvalue weighted by Gasteiger charge is 2.22. The first-order valence-corrected chi connectivity index (χ1v) is 30.0. The molecule has 0 rings (SSSR count). The van der Waals surface area contributed by atoms with E-state index in [1.165, 1.54) is 38.5 Å². The van der Waals surface area contributed by atoms with Crippen molar-refractivity contribution < 1.29 is 42.9 Å². The summed E-state index contributed by atoms with van der Waals surface area (Å²) < 4.78 is 22.6. The topological polar surface area (TPSA) is 111 Å². The van der Waals surface area contributed by atoms with Crippen LogP contribution in [0.25, 0.3) is 0 Å². The Balaban J connectivity index is 4.39. The second kappa shape index (κ2) is 57.3. The summed E-state index contributed by atoms with van der Waals surface area (Å²) in [4.78, 5) is 37.3. The lowest BCUT2D eigenvalue weighted by Crippen LogP contribution is -2.44. The maximum atomic E-state index is 12.9. The summed E-state index contributed by atoms with van der Waals surface area (Å²) in [6.45, 7) is 4.54. The van der Waals surface area contributed by atoms with Gasteiger partial charge in [0.15, 0.2) is 12.4 Å². The molecule has 9 heteroatoms. The van der Waals surface area contributed by atoms with Gasteiger partial charge in [-0.15, -0.1) is 0 Å². The molecule has 0 N–H and O–H groups in total. The number of ether oxygens (including phenoxy) is 4. The number of allylic oxidation sites excluding steroid dienone is 24. The van der Waals surface area contributed by atoms with Crippen LogP contribution in [0.3, 0.4) is 0 Å². The molecule has 0 fully saturated rings. The Bertz CT molecular complexity index is 1770. The minimum absolute atomic E-state index is 0.130. The summed E-state index contributed by atoms with van der Waals surface area (Å²) in [5.74, 6) is -2.37. The molecular weight excluding hydrogens is 959 g/mol. The SMILES string of the molecule is CC/C=C\C/C=C\C/C=C\C/C=C\C/C=C\C/C=C\C/C=C\C/C=C\C/C=C\CCCCCC(=O)OC(COC(=O)CCCCCCCC/C=C\C/C=C\C/C=C\CCCCCCC)COC(OCC[N+](C)(C)C)C(=O)[O-]. The molecule has 0 saturated carbocycles. The van der Waals surface area contributed by atoms with Crippen molar-refractivity contribution in [1.82, 2.24) is 0 Å². The van der Waals surface area contributed by atoms with Crippen molar-refractivity contribution >= 4 is 17.9 Å². The fourth-order valence-corrected chi connectivity index (χ4v) is 7.47. The van der Waals surface area contributed by atoms with Gasteiger partial charge in [0.25, 0.3) is 0 Å². The van der Waals surface area contributed by atoms with Gasteiger partial charge >= 0.3 is 11.9 Å². The molecule has 0 saturated heterocycles. The molecule has 9 nitrogen and oxygen atoms in total. The molecule has 0 aliphatic rings. The summed E-state index contributed by atoms with van der Waals surface area (Å²) in [5, 5.41) is 11.8. The molecular formula is C68H109NO8. The summed E-state index contributed by atoms with van der Waals surface area (Å²) in [7, 11) is 5.89. The van der Waals surface area contributed by atoms with Crippen LogP contribution in [0.4, 0.5) is 0 Å². The lowest BCUT2D eigenvalue weighted by atomic mass is 10.1. The zero-order valence-corrected chi connectivity index (χ0v) is 49.3. The quantitative estimate of drug-likeness (QED) is 0.0195. The van der Waals surface area contributed by atoms with Crippen molar-refractivity contribution in [2.45, 2.75) is 219 Å². The van der Waals surface area contributed by atoms with E-state index in [0.717, 1.165) is 128 Å². The van der Waals surface area contributed by atoms with E-state index < -0.39 is 24.3 Å². The number of carbonyl (C=O) groups is 3. The maximum absolute atomic E-state index is 12.9. The van der Waals surface area contributed by atoms with Crippen LogP contribution in [0.5, 0.6) is 0 Å². The third-order valence-corrected chi connectivity index (χ3v) is 12.1. The number of carboxylic acids is 1. The van der Waals surface area contributed by atoms with Crippen molar-refractivity contribution in [2.75, 3.05) is 47.5 Å². The smallest absolute Gasteiger partial charge is 0.306 e. The van der Waals surface area contributed by atoms with Crippen molar-refractivity contribution in [3.05, 3.63) is 146 Å². The molecule has 0 heterocycles. The van der Waals surface area contributed by atoms with E-state index in [2.05, 4.69) is 160 Å². The standard InChI is InChI=1S/C68H109NO8/c1-6-8-10-12-14-16-18-20-22-24-26-28-29-30-31-32-33-34-35-36-37-39-41-43-45-47-49-51-53-55-57-59-66(71)77-64(63-76-68(67(72)73)74-61-60-69(3,4)5)62-75-65(70)58-56-54-52-50-48-46-44-42-40-38-27-25-23-21-19-17-15-13-11-9-7-2/h8,10,14,16,19-22,25-28,30-31,33-34,36-37,40-43,47,49,64,68H,6-7,9,11-13,15,17-18,23-24,29,32,35,38-39,44-46,48,50-63H2,1-5H3/b10-8-,16-14-,21-19-,22-20-,27-25-,28-26-,31-30-,34-33-,37-36-,42-40-,43-41-,49-47-. The average Bonchev–Trinajstić information content (AvgIpc) is 3.40. The number of quaternary nitrogens is 1. The lowest BCUT2D eigenvalue weighted by molar-refractivity contribution is -0.870. The predicted octanol–water partition coefficient (Wildman–Crippen LogP) is 16.7. The van der Waals surface area contributed by atoms with Gasteiger partial charge in [-0.2, -0.15) is 0 Å². The number of hydrogen-bond donors (Lipinski definition) is 0. The molecule has 2 unspecified atom stereocenters. The second-order valence-electron chi connectivity index (χ2n) is 20.5. The number of esters is 2. The van der Waals surface area contributed by atoms with E-state index >= 15 is 0 Å². The van der Waals surface area contributed by atoms with Gasteiger partial charge in [0.2, 0.25) is 0 Å². The van der Waals surface area contributed by atoms with Crippen LogP contribution in [0.2, 0.25) is 0 Å². The van der Waals surface area contributed by atoms with E-state index in [1.807, 2.05) is 21.1 Å². The van der Waals surface area contributed by atoms with E-state index in [-0.39, 0.29) is 38.6 Å². The molecule has 77 heavy (non-hydrogen) atoms. The van der Waals surface area contributed by atoms with Gasteiger partial charge in [-0.1, -0.05) is 217 Å².